The minimum absolute atomic E-state index is 0.110. The van der Waals surface area contributed by atoms with E-state index in [1.807, 2.05) is 30.3 Å². The molecule has 1 heterocycles. The van der Waals surface area contributed by atoms with Crippen LogP contribution in [-0.4, -0.2) is 11.3 Å². The molecule has 1 aromatic heterocycles. The SMILES string of the molecule is O=Cc1nc(-c2ccccc2)co1. The quantitative estimate of drug-likeness (QED) is 0.653. The van der Waals surface area contributed by atoms with Gasteiger partial charge in [0.1, 0.15) is 12.0 Å². The molecule has 13 heavy (non-hydrogen) atoms. The second-order valence-corrected chi connectivity index (χ2v) is 2.55. The molecule has 64 valence electrons. The maximum atomic E-state index is 10.3. The molecule has 0 bridgehead atoms. The smallest absolute Gasteiger partial charge is 0.260 e. The average Bonchev–Trinajstić information content (AvgIpc) is 2.67. The van der Waals surface area contributed by atoms with E-state index in [1.165, 1.54) is 6.26 Å². The lowest BCUT2D eigenvalue weighted by Crippen LogP contribution is -1.79. The van der Waals surface area contributed by atoms with Gasteiger partial charge in [-0.05, 0) is 0 Å². The molecule has 0 aliphatic rings. The van der Waals surface area contributed by atoms with Crippen LogP contribution in [0.3, 0.4) is 0 Å². The number of carbonyl (C=O) groups excluding carboxylic acids is 1. The number of hydrogen-bond donors (Lipinski definition) is 0. The number of aromatic nitrogens is 1. The van der Waals surface area contributed by atoms with E-state index in [0.717, 1.165) is 5.56 Å². The average molecular weight is 173 g/mol. The Bertz CT molecular complexity index is 406. The highest BCUT2D eigenvalue weighted by molar-refractivity contribution is 5.70. The van der Waals surface area contributed by atoms with Gasteiger partial charge in [0.25, 0.3) is 5.89 Å². The van der Waals surface area contributed by atoms with E-state index >= 15 is 0 Å². The largest absolute Gasteiger partial charge is 0.442 e. The number of aldehydes is 1. The predicted octanol–water partition coefficient (Wildman–Crippen LogP) is 2.15. The van der Waals surface area contributed by atoms with Crippen LogP contribution in [0.2, 0.25) is 0 Å². The van der Waals surface area contributed by atoms with Gasteiger partial charge < -0.3 is 4.42 Å². The molecule has 1 aromatic carbocycles. The van der Waals surface area contributed by atoms with E-state index < -0.39 is 0 Å². The Labute approximate surface area is 75.0 Å². The van der Waals surface area contributed by atoms with E-state index in [4.69, 9.17) is 4.42 Å². The fourth-order valence-corrected chi connectivity index (χ4v) is 1.08. The van der Waals surface area contributed by atoms with Gasteiger partial charge in [-0.25, -0.2) is 4.98 Å². The monoisotopic (exact) mass is 173 g/mol. The van der Waals surface area contributed by atoms with Crippen molar-refractivity contribution in [3.63, 3.8) is 0 Å². The normalized spacial score (nSPS) is 9.85. The zero-order chi connectivity index (χ0) is 9.10. The number of nitrogens with zero attached hydrogens (tertiary/aromatic N) is 1. The Hall–Kier alpha value is -1.90. The molecule has 0 amide bonds. The van der Waals surface area contributed by atoms with Crippen molar-refractivity contribution in [3.8, 4) is 11.3 Å². The van der Waals surface area contributed by atoms with Crippen LogP contribution in [0.4, 0.5) is 0 Å². The van der Waals surface area contributed by atoms with E-state index in [0.29, 0.717) is 12.0 Å². The summed E-state index contributed by atoms with van der Waals surface area (Å²) in [5, 5.41) is 0. The van der Waals surface area contributed by atoms with Gasteiger partial charge >= 0.3 is 0 Å². The standard InChI is InChI=1S/C10H7NO2/c12-6-10-11-9(7-13-10)8-4-2-1-3-5-8/h1-7H. The van der Waals surface area contributed by atoms with Crippen molar-refractivity contribution in [1.82, 2.24) is 4.98 Å². The van der Waals surface area contributed by atoms with Crippen LogP contribution in [0.5, 0.6) is 0 Å². The van der Waals surface area contributed by atoms with Gasteiger partial charge in [-0.2, -0.15) is 0 Å². The van der Waals surface area contributed by atoms with Gasteiger partial charge in [-0.15, -0.1) is 0 Å². The van der Waals surface area contributed by atoms with Crippen LogP contribution in [0.15, 0.2) is 41.0 Å². The molecular formula is C10H7NO2. The molecule has 0 fully saturated rings. The highest BCUT2D eigenvalue weighted by Crippen LogP contribution is 2.16. The predicted molar refractivity (Wildman–Crippen MR) is 47.3 cm³/mol. The second-order valence-electron chi connectivity index (χ2n) is 2.55. The summed E-state index contributed by atoms with van der Waals surface area (Å²) in [6.07, 6.45) is 2.06. The van der Waals surface area contributed by atoms with Crippen molar-refractivity contribution < 1.29 is 9.21 Å². The van der Waals surface area contributed by atoms with Crippen LogP contribution in [0, 0.1) is 0 Å². The van der Waals surface area contributed by atoms with Gasteiger partial charge in [0.2, 0.25) is 6.29 Å². The molecule has 0 spiro atoms. The van der Waals surface area contributed by atoms with Crippen molar-refractivity contribution in [3.05, 3.63) is 42.5 Å². The lowest BCUT2D eigenvalue weighted by atomic mass is 10.2. The molecule has 0 saturated carbocycles. The minimum Gasteiger partial charge on any atom is -0.442 e. The summed E-state index contributed by atoms with van der Waals surface area (Å²) < 4.78 is 4.89. The summed E-state index contributed by atoms with van der Waals surface area (Å²) in [4.78, 5) is 14.3. The van der Waals surface area contributed by atoms with E-state index in [1.54, 1.807) is 0 Å². The third-order valence-electron chi connectivity index (χ3n) is 1.69. The fraction of sp³-hybridized carbons (Fsp3) is 0. The summed E-state index contributed by atoms with van der Waals surface area (Å²) in [6, 6.07) is 9.55. The van der Waals surface area contributed by atoms with Gasteiger partial charge in [-0.1, -0.05) is 30.3 Å². The van der Waals surface area contributed by atoms with E-state index in [9.17, 15) is 4.79 Å². The topological polar surface area (TPSA) is 43.1 Å². The molecule has 0 aliphatic carbocycles. The molecule has 2 aromatic rings. The van der Waals surface area contributed by atoms with Crippen LogP contribution >= 0.6 is 0 Å². The van der Waals surface area contributed by atoms with Crippen LogP contribution in [-0.2, 0) is 0 Å². The van der Waals surface area contributed by atoms with Crippen molar-refractivity contribution in [2.24, 2.45) is 0 Å². The van der Waals surface area contributed by atoms with Crippen molar-refractivity contribution in [1.29, 1.82) is 0 Å². The Morgan fingerprint density at radius 1 is 1.23 bits per heavy atom. The summed E-state index contributed by atoms with van der Waals surface area (Å²) in [5.74, 6) is 0.110. The number of oxazole rings is 1. The Morgan fingerprint density at radius 3 is 2.62 bits per heavy atom. The van der Waals surface area contributed by atoms with Gasteiger partial charge in [0.05, 0.1) is 0 Å². The lowest BCUT2D eigenvalue weighted by molar-refractivity contribution is 0.109. The highest BCUT2D eigenvalue weighted by atomic mass is 16.3. The summed E-state index contributed by atoms with van der Waals surface area (Å²) in [7, 11) is 0. The van der Waals surface area contributed by atoms with Crippen LogP contribution in [0.1, 0.15) is 10.7 Å². The minimum atomic E-state index is 0.110. The first kappa shape index (κ1) is 7.73. The maximum Gasteiger partial charge on any atom is 0.260 e. The molecule has 0 saturated heterocycles. The van der Waals surface area contributed by atoms with Gasteiger partial charge in [-0.3, -0.25) is 4.79 Å². The molecule has 0 N–H and O–H groups in total. The van der Waals surface area contributed by atoms with Gasteiger partial charge in [0.15, 0.2) is 0 Å². The molecule has 0 aliphatic heterocycles. The lowest BCUT2D eigenvalue weighted by Gasteiger charge is -1.91. The first-order chi connectivity index (χ1) is 6.40. The number of rotatable bonds is 2. The molecule has 0 unspecified atom stereocenters. The molecule has 0 atom stereocenters. The highest BCUT2D eigenvalue weighted by Gasteiger charge is 2.03. The van der Waals surface area contributed by atoms with Crippen molar-refractivity contribution in [2.75, 3.05) is 0 Å². The summed E-state index contributed by atoms with van der Waals surface area (Å²) >= 11 is 0. The number of hydrogen-bond acceptors (Lipinski definition) is 3. The van der Waals surface area contributed by atoms with Crippen LogP contribution in [0.25, 0.3) is 11.3 Å². The molecular weight excluding hydrogens is 166 g/mol. The molecule has 0 radical (unpaired) electrons. The first-order valence-corrected chi connectivity index (χ1v) is 3.86. The zero-order valence-corrected chi connectivity index (χ0v) is 6.81. The third-order valence-corrected chi connectivity index (χ3v) is 1.69. The molecule has 3 nitrogen and oxygen atoms in total. The number of carbonyl (C=O) groups is 1. The Balaban J connectivity index is 2.41. The third kappa shape index (κ3) is 1.49. The van der Waals surface area contributed by atoms with E-state index in [-0.39, 0.29) is 5.89 Å². The first-order valence-electron chi connectivity index (χ1n) is 3.86. The second kappa shape index (κ2) is 3.23. The molecule has 2 rings (SSSR count). The van der Waals surface area contributed by atoms with Crippen molar-refractivity contribution >= 4 is 6.29 Å². The number of benzene rings is 1. The van der Waals surface area contributed by atoms with Crippen molar-refractivity contribution in [2.45, 2.75) is 0 Å². The summed E-state index contributed by atoms with van der Waals surface area (Å²) in [5.41, 5.74) is 1.63. The summed E-state index contributed by atoms with van der Waals surface area (Å²) in [6.45, 7) is 0. The Morgan fingerprint density at radius 2 is 2.00 bits per heavy atom. The maximum absolute atomic E-state index is 10.3. The molecule has 3 heteroatoms. The van der Waals surface area contributed by atoms with Crippen LogP contribution < -0.4 is 0 Å². The fourth-order valence-electron chi connectivity index (χ4n) is 1.08. The van der Waals surface area contributed by atoms with E-state index in [2.05, 4.69) is 4.98 Å². The Kier molecular flexibility index (Phi) is 1.92. The van der Waals surface area contributed by atoms with Gasteiger partial charge in [0, 0.05) is 5.56 Å². The zero-order valence-electron chi connectivity index (χ0n) is 6.81.